The molecule has 0 aromatic rings. The van der Waals surface area contributed by atoms with Crippen LogP contribution < -0.4 is 5.73 Å². The van der Waals surface area contributed by atoms with Gasteiger partial charge in [0.25, 0.3) is 0 Å². The van der Waals surface area contributed by atoms with Gasteiger partial charge in [-0.05, 0) is 32.1 Å². The maximum absolute atomic E-state index is 11.7. The van der Waals surface area contributed by atoms with Crippen molar-refractivity contribution in [3.8, 4) is 0 Å². The Bertz CT molecular complexity index is 561. The minimum absolute atomic E-state index is 0.270. The van der Waals surface area contributed by atoms with E-state index in [1.807, 2.05) is 0 Å². The number of nitrogens with two attached hydrogens (primary N) is 1. The Morgan fingerprint density at radius 1 is 0.882 bits per heavy atom. The lowest BCUT2D eigenvalue weighted by Gasteiger charge is -2.16. The van der Waals surface area contributed by atoms with E-state index < -0.39 is 39.2 Å². The van der Waals surface area contributed by atoms with Crippen LogP contribution in [0.25, 0.3) is 0 Å². The summed E-state index contributed by atoms with van der Waals surface area (Å²) in [5.41, 5.74) is 5.36. The van der Waals surface area contributed by atoms with Crippen LogP contribution in [0, 0.1) is 0 Å². The van der Waals surface area contributed by atoms with Gasteiger partial charge in [0.05, 0.1) is 25.9 Å². The molecule has 10 heteroatoms. The lowest BCUT2D eigenvalue weighted by molar-refractivity contribution is -0.147. The summed E-state index contributed by atoms with van der Waals surface area (Å²) in [6, 6.07) is -0.813. The molecular weight excluding hydrogens is 461 g/mol. The molecule has 0 radical (unpaired) electrons. The van der Waals surface area contributed by atoms with Crippen molar-refractivity contribution in [2.24, 2.45) is 5.73 Å². The zero-order chi connectivity index (χ0) is 25.5. The number of hydrogen-bond donors (Lipinski definition) is 4. The van der Waals surface area contributed by atoms with E-state index in [-0.39, 0.29) is 19.6 Å². The Labute approximate surface area is 205 Å². The number of carbonyl (C=O) groups excluding carboxylic acids is 1. The van der Waals surface area contributed by atoms with E-state index >= 15 is 0 Å². The number of phosphoric acid groups is 1. The lowest BCUT2D eigenvalue weighted by atomic mass is 10.1. The van der Waals surface area contributed by atoms with Gasteiger partial charge in [-0.25, -0.2) is 4.57 Å². The van der Waals surface area contributed by atoms with E-state index in [9.17, 15) is 19.4 Å². The molecule has 0 saturated heterocycles. The molecular formula is C24H48NO8P. The molecule has 0 aromatic heterocycles. The summed E-state index contributed by atoms with van der Waals surface area (Å²) in [5.74, 6) is -0.422. The van der Waals surface area contributed by atoms with Crippen LogP contribution in [0.5, 0.6) is 0 Å². The topological polar surface area (TPSA) is 149 Å². The van der Waals surface area contributed by atoms with Crippen molar-refractivity contribution < 1.29 is 38.3 Å². The average Bonchev–Trinajstić information content (AvgIpc) is 2.82. The van der Waals surface area contributed by atoms with Crippen LogP contribution in [-0.2, 0) is 23.1 Å². The Balaban J connectivity index is 3.56. The third-order valence-corrected chi connectivity index (χ3v) is 6.15. The number of phosphoric ester groups is 1. The first-order chi connectivity index (χ1) is 16.3. The predicted octanol–water partition coefficient (Wildman–Crippen LogP) is 4.38. The van der Waals surface area contributed by atoms with E-state index in [0.717, 1.165) is 38.5 Å². The molecule has 0 rings (SSSR count). The van der Waals surface area contributed by atoms with Gasteiger partial charge in [-0.3, -0.25) is 13.8 Å². The van der Waals surface area contributed by atoms with Crippen molar-refractivity contribution in [3.05, 3.63) is 12.2 Å². The average molecular weight is 510 g/mol. The summed E-state index contributed by atoms with van der Waals surface area (Å²) in [7, 11) is -4.40. The minimum Gasteiger partial charge on any atom is -0.463 e. The second-order valence-corrected chi connectivity index (χ2v) is 10.1. The van der Waals surface area contributed by atoms with Crippen LogP contribution in [0.15, 0.2) is 12.2 Å². The van der Waals surface area contributed by atoms with Crippen molar-refractivity contribution in [1.29, 1.82) is 0 Å². The zero-order valence-electron chi connectivity index (χ0n) is 20.9. The first kappa shape index (κ1) is 33.2. The monoisotopic (exact) mass is 509 g/mol. The van der Waals surface area contributed by atoms with Gasteiger partial charge in [-0.2, -0.15) is 0 Å². The standard InChI is InChI=1S/C24H48NO8P/c1-2-3-4-5-6-7-8-9-10-11-12-13-14-15-16-17-24(28)31-20-23(27)21-33-34(29,30)32-19-22(25)18-26/h9-10,22-23,26-27H,2-8,11-21,25H2,1H3,(H,29,30)/b10-9-/t22-,23-/m1/s1. The Hall–Kier alpha value is -0.800. The van der Waals surface area contributed by atoms with Crippen LogP contribution in [0.1, 0.15) is 96.8 Å². The highest BCUT2D eigenvalue weighted by atomic mass is 31.2. The van der Waals surface area contributed by atoms with Gasteiger partial charge in [0.15, 0.2) is 0 Å². The van der Waals surface area contributed by atoms with Gasteiger partial charge in [0, 0.05) is 6.42 Å². The smallest absolute Gasteiger partial charge is 0.463 e. The quantitative estimate of drug-likeness (QED) is 0.0643. The Morgan fingerprint density at radius 2 is 1.41 bits per heavy atom. The van der Waals surface area contributed by atoms with Crippen molar-refractivity contribution in [3.63, 3.8) is 0 Å². The molecule has 0 fully saturated rings. The highest BCUT2D eigenvalue weighted by molar-refractivity contribution is 7.47. The van der Waals surface area contributed by atoms with Crippen molar-refractivity contribution in [1.82, 2.24) is 0 Å². The second-order valence-electron chi connectivity index (χ2n) is 8.67. The zero-order valence-corrected chi connectivity index (χ0v) is 21.8. The molecule has 9 nitrogen and oxygen atoms in total. The molecule has 0 saturated carbocycles. The van der Waals surface area contributed by atoms with E-state index in [1.54, 1.807) is 0 Å². The summed E-state index contributed by atoms with van der Waals surface area (Å²) in [6.45, 7) is 0.589. The molecule has 0 aliphatic carbocycles. The summed E-state index contributed by atoms with van der Waals surface area (Å²) in [6.07, 6.45) is 18.9. The normalized spacial score (nSPS) is 15.3. The fourth-order valence-corrected chi connectivity index (χ4v) is 3.92. The summed E-state index contributed by atoms with van der Waals surface area (Å²) >= 11 is 0. The number of hydrogen-bond acceptors (Lipinski definition) is 8. The van der Waals surface area contributed by atoms with Gasteiger partial charge in [0.2, 0.25) is 0 Å². The van der Waals surface area contributed by atoms with Crippen LogP contribution in [-0.4, -0.2) is 59.6 Å². The lowest BCUT2D eigenvalue weighted by Crippen LogP contribution is -2.30. The largest absolute Gasteiger partial charge is 0.472 e. The predicted molar refractivity (Wildman–Crippen MR) is 133 cm³/mol. The van der Waals surface area contributed by atoms with Gasteiger partial charge < -0.3 is 25.6 Å². The third kappa shape index (κ3) is 23.0. The van der Waals surface area contributed by atoms with Gasteiger partial charge >= 0.3 is 13.8 Å². The van der Waals surface area contributed by atoms with Crippen molar-refractivity contribution >= 4 is 13.8 Å². The van der Waals surface area contributed by atoms with E-state index in [2.05, 4.69) is 28.1 Å². The Kier molecular flexibility index (Phi) is 22.1. The molecule has 0 aliphatic rings. The van der Waals surface area contributed by atoms with E-state index in [4.69, 9.17) is 15.6 Å². The molecule has 202 valence electrons. The molecule has 0 aromatic carbocycles. The fraction of sp³-hybridized carbons (Fsp3) is 0.875. The maximum Gasteiger partial charge on any atom is 0.472 e. The molecule has 0 amide bonds. The summed E-state index contributed by atoms with van der Waals surface area (Å²) in [5, 5.41) is 18.5. The van der Waals surface area contributed by atoms with Crippen LogP contribution in [0.4, 0.5) is 0 Å². The number of esters is 1. The first-order valence-corrected chi connectivity index (χ1v) is 14.3. The number of unbranched alkanes of at least 4 members (excludes halogenated alkanes) is 11. The molecule has 0 bridgehead atoms. The number of carbonyl (C=O) groups is 1. The summed E-state index contributed by atoms with van der Waals surface area (Å²) in [4.78, 5) is 21.2. The maximum atomic E-state index is 11.7. The Morgan fingerprint density at radius 3 is 2.00 bits per heavy atom. The number of allylic oxidation sites excluding steroid dienone is 2. The fourth-order valence-electron chi connectivity index (χ4n) is 3.11. The molecule has 1 unspecified atom stereocenters. The molecule has 5 N–H and O–H groups in total. The van der Waals surface area contributed by atoms with Crippen LogP contribution >= 0.6 is 7.82 Å². The molecule has 0 aliphatic heterocycles. The highest BCUT2D eigenvalue weighted by Crippen LogP contribution is 2.43. The SMILES string of the molecule is CCCCCCCC/C=C\CCCCCCCC(=O)OC[C@@H](O)COP(=O)(O)OC[C@H](N)CO. The number of ether oxygens (including phenoxy) is 1. The molecule has 34 heavy (non-hydrogen) atoms. The van der Waals surface area contributed by atoms with Gasteiger partial charge in [-0.15, -0.1) is 0 Å². The highest BCUT2D eigenvalue weighted by Gasteiger charge is 2.24. The van der Waals surface area contributed by atoms with Crippen molar-refractivity contribution in [2.45, 2.75) is 109 Å². The molecule has 0 spiro atoms. The van der Waals surface area contributed by atoms with Crippen LogP contribution in [0.2, 0.25) is 0 Å². The second kappa shape index (κ2) is 22.7. The third-order valence-electron chi connectivity index (χ3n) is 5.20. The molecule has 0 heterocycles. The number of aliphatic hydroxyl groups is 2. The van der Waals surface area contributed by atoms with Gasteiger partial charge in [-0.1, -0.05) is 70.4 Å². The minimum atomic E-state index is -4.40. The van der Waals surface area contributed by atoms with E-state index in [0.29, 0.717) is 0 Å². The number of aliphatic hydroxyl groups excluding tert-OH is 2. The van der Waals surface area contributed by atoms with Gasteiger partial charge in [0.1, 0.15) is 12.7 Å². The first-order valence-electron chi connectivity index (χ1n) is 12.8. The van der Waals surface area contributed by atoms with Crippen molar-refractivity contribution in [2.75, 3.05) is 26.4 Å². The number of rotatable bonds is 24. The molecule has 3 atom stereocenters. The summed E-state index contributed by atoms with van der Waals surface area (Å²) < 4.78 is 25.7. The van der Waals surface area contributed by atoms with Crippen LogP contribution in [0.3, 0.4) is 0 Å². The van der Waals surface area contributed by atoms with E-state index in [1.165, 1.54) is 44.9 Å².